The second-order valence-corrected chi connectivity index (χ2v) is 4.73. The van der Waals surface area contributed by atoms with Gasteiger partial charge in [0.1, 0.15) is 11.3 Å². The second-order valence-electron chi connectivity index (χ2n) is 4.73. The zero-order chi connectivity index (χ0) is 14.8. The lowest BCUT2D eigenvalue weighted by Gasteiger charge is -2.06. The average Bonchev–Trinajstić information content (AvgIpc) is 2.50. The first-order chi connectivity index (χ1) is 10.1. The van der Waals surface area contributed by atoms with Gasteiger partial charge in [0.2, 0.25) is 0 Å². The molecular formula is C16H13N3O2. The summed E-state index contributed by atoms with van der Waals surface area (Å²) in [7, 11) is 0. The maximum absolute atomic E-state index is 12.3. The van der Waals surface area contributed by atoms with Crippen LogP contribution >= 0.6 is 0 Å². The van der Waals surface area contributed by atoms with Gasteiger partial charge in [0.05, 0.1) is 6.20 Å². The highest BCUT2D eigenvalue weighted by atomic mass is 16.2. The minimum atomic E-state index is -0.325. The maximum Gasteiger partial charge on any atom is 0.281 e. The maximum atomic E-state index is 12.3. The van der Waals surface area contributed by atoms with Crippen LogP contribution in [0.1, 0.15) is 15.9 Å². The molecule has 0 radical (unpaired) electrons. The van der Waals surface area contributed by atoms with Gasteiger partial charge in [-0.05, 0) is 31.2 Å². The number of hydrogen-bond acceptors (Lipinski definition) is 3. The van der Waals surface area contributed by atoms with Crippen molar-refractivity contribution >= 4 is 17.2 Å². The number of anilines is 1. The Balaban J connectivity index is 1.97. The molecular weight excluding hydrogens is 266 g/mol. The van der Waals surface area contributed by atoms with E-state index in [1.807, 2.05) is 13.0 Å². The SMILES string of the molecule is Cc1cccc(C(=O)Nc2cnc3ccccn3c2=O)c1. The lowest BCUT2D eigenvalue weighted by atomic mass is 10.1. The van der Waals surface area contributed by atoms with Crippen LogP contribution in [0.15, 0.2) is 59.7 Å². The molecule has 5 nitrogen and oxygen atoms in total. The quantitative estimate of drug-likeness (QED) is 0.782. The van der Waals surface area contributed by atoms with E-state index in [1.54, 1.807) is 42.6 Å². The van der Waals surface area contributed by atoms with E-state index in [2.05, 4.69) is 10.3 Å². The Morgan fingerprint density at radius 1 is 1.19 bits per heavy atom. The van der Waals surface area contributed by atoms with Crippen molar-refractivity contribution in [3.05, 3.63) is 76.3 Å². The predicted octanol–water partition coefficient (Wildman–Crippen LogP) is 2.26. The van der Waals surface area contributed by atoms with Gasteiger partial charge >= 0.3 is 0 Å². The number of nitrogens with one attached hydrogen (secondary N) is 1. The molecule has 3 rings (SSSR count). The molecule has 0 fully saturated rings. The minimum absolute atomic E-state index is 0.158. The summed E-state index contributed by atoms with van der Waals surface area (Å²) in [5.41, 5.74) is 1.88. The summed E-state index contributed by atoms with van der Waals surface area (Å²) in [4.78, 5) is 28.6. The van der Waals surface area contributed by atoms with E-state index in [0.29, 0.717) is 11.2 Å². The molecule has 5 heteroatoms. The van der Waals surface area contributed by atoms with E-state index < -0.39 is 0 Å². The number of fused-ring (bicyclic) bond motifs is 1. The van der Waals surface area contributed by atoms with Crippen molar-refractivity contribution in [3.8, 4) is 0 Å². The second kappa shape index (κ2) is 5.20. The molecule has 0 saturated carbocycles. The highest BCUT2D eigenvalue weighted by Gasteiger charge is 2.10. The summed E-state index contributed by atoms with van der Waals surface area (Å²) in [6, 6.07) is 12.4. The molecule has 0 unspecified atom stereocenters. The molecule has 104 valence electrons. The molecule has 2 aromatic heterocycles. The average molecular weight is 279 g/mol. The number of aromatic nitrogens is 2. The molecule has 0 saturated heterocycles. The fourth-order valence-corrected chi connectivity index (χ4v) is 2.09. The van der Waals surface area contributed by atoms with Gasteiger partial charge in [-0.2, -0.15) is 0 Å². The summed E-state index contributed by atoms with van der Waals surface area (Å²) in [5.74, 6) is -0.325. The number of nitrogens with zero attached hydrogens (tertiary/aromatic N) is 2. The smallest absolute Gasteiger partial charge is 0.281 e. The van der Waals surface area contributed by atoms with E-state index in [9.17, 15) is 9.59 Å². The summed E-state index contributed by atoms with van der Waals surface area (Å²) in [6.07, 6.45) is 3.00. The van der Waals surface area contributed by atoms with Crippen LogP contribution in [0.5, 0.6) is 0 Å². The Morgan fingerprint density at radius 2 is 2.05 bits per heavy atom. The van der Waals surface area contributed by atoms with Gasteiger partial charge in [0.25, 0.3) is 11.5 Å². The van der Waals surface area contributed by atoms with Gasteiger partial charge in [-0.25, -0.2) is 4.98 Å². The van der Waals surface area contributed by atoms with Gasteiger partial charge in [-0.1, -0.05) is 23.8 Å². The number of benzene rings is 1. The van der Waals surface area contributed by atoms with Crippen LogP contribution in [0.4, 0.5) is 5.69 Å². The number of carbonyl (C=O) groups is 1. The normalized spacial score (nSPS) is 10.5. The first-order valence-corrected chi connectivity index (χ1v) is 6.49. The molecule has 3 aromatic rings. The van der Waals surface area contributed by atoms with Crippen molar-refractivity contribution in [2.75, 3.05) is 5.32 Å². The number of carbonyl (C=O) groups excluding carboxylic acids is 1. The van der Waals surface area contributed by atoms with Crippen LogP contribution in [0.3, 0.4) is 0 Å². The monoisotopic (exact) mass is 279 g/mol. The number of rotatable bonds is 2. The Kier molecular flexibility index (Phi) is 3.23. The van der Waals surface area contributed by atoms with Gasteiger partial charge in [-0.15, -0.1) is 0 Å². The molecule has 21 heavy (non-hydrogen) atoms. The van der Waals surface area contributed by atoms with Gasteiger partial charge < -0.3 is 5.32 Å². The lowest BCUT2D eigenvalue weighted by Crippen LogP contribution is -2.23. The van der Waals surface area contributed by atoms with Crippen molar-refractivity contribution in [1.82, 2.24) is 9.38 Å². The number of pyridine rings is 1. The van der Waals surface area contributed by atoms with Crippen molar-refractivity contribution in [3.63, 3.8) is 0 Å². The Morgan fingerprint density at radius 3 is 2.86 bits per heavy atom. The third-order valence-electron chi connectivity index (χ3n) is 3.14. The standard InChI is InChI=1S/C16H13N3O2/c1-11-5-4-6-12(9-11)15(20)18-13-10-17-14-7-2-3-8-19(14)16(13)21/h2-10H,1H3,(H,18,20). The summed E-state index contributed by atoms with van der Waals surface area (Å²) >= 11 is 0. The minimum Gasteiger partial charge on any atom is -0.316 e. The molecule has 0 atom stereocenters. The van der Waals surface area contributed by atoms with Gasteiger partial charge in [0, 0.05) is 11.8 Å². The van der Waals surface area contributed by atoms with Crippen LogP contribution in [-0.2, 0) is 0 Å². The van der Waals surface area contributed by atoms with Crippen LogP contribution in [0.25, 0.3) is 5.65 Å². The van der Waals surface area contributed by atoms with Gasteiger partial charge in [0.15, 0.2) is 0 Å². The summed E-state index contributed by atoms with van der Waals surface area (Å²) < 4.78 is 1.39. The van der Waals surface area contributed by atoms with Crippen molar-refractivity contribution < 1.29 is 4.79 Å². The van der Waals surface area contributed by atoms with E-state index in [0.717, 1.165) is 5.56 Å². The topological polar surface area (TPSA) is 63.5 Å². The van der Waals surface area contributed by atoms with E-state index >= 15 is 0 Å². The predicted molar refractivity (Wildman–Crippen MR) is 80.6 cm³/mol. The Bertz CT molecular complexity index is 884. The van der Waals surface area contributed by atoms with Crippen LogP contribution in [0, 0.1) is 6.92 Å². The number of amides is 1. The fraction of sp³-hybridized carbons (Fsp3) is 0.0625. The van der Waals surface area contributed by atoms with Crippen LogP contribution in [0.2, 0.25) is 0 Å². The van der Waals surface area contributed by atoms with Crippen molar-refractivity contribution in [2.24, 2.45) is 0 Å². The first-order valence-electron chi connectivity index (χ1n) is 6.49. The molecule has 1 N–H and O–H groups in total. The van der Waals surface area contributed by atoms with Crippen molar-refractivity contribution in [1.29, 1.82) is 0 Å². The molecule has 2 heterocycles. The fourth-order valence-electron chi connectivity index (χ4n) is 2.09. The zero-order valence-electron chi connectivity index (χ0n) is 11.4. The first kappa shape index (κ1) is 13.1. The molecule has 1 aromatic carbocycles. The van der Waals surface area contributed by atoms with Gasteiger partial charge in [-0.3, -0.25) is 14.0 Å². The number of hydrogen-bond donors (Lipinski definition) is 1. The van der Waals surface area contributed by atoms with E-state index in [4.69, 9.17) is 0 Å². The van der Waals surface area contributed by atoms with Crippen LogP contribution in [-0.4, -0.2) is 15.3 Å². The Hall–Kier alpha value is -2.95. The third-order valence-corrected chi connectivity index (χ3v) is 3.14. The molecule has 0 spiro atoms. The van der Waals surface area contributed by atoms with Crippen LogP contribution < -0.4 is 10.9 Å². The van der Waals surface area contributed by atoms with E-state index in [1.165, 1.54) is 10.6 Å². The Labute approximate surface area is 120 Å². The molecule has 0 aliphatic rings. The lowest BCUT2D eigenvalue weighted by molar-refractivity contribution is 0.102. The molecule has 1 amide bonds. The molecule has 0 aliphatic carbocycles. The molecule has 0 bridgehead atoms. The highest BCUT2D eigenvalue weighted by Crippen LogP contribution is 2.07. The largest absolute Gasteiger partial charge is 0.316 e. The van der Waals surface area contributed by atoms with E-state index in [-0.39, 0.29) is 17.2 Å². The zero-order valence-corrected chi connectivity index (χ0v) is 11.4. The van der Waals surface area contributed by atoms with Crippen molar-refractivity contribution in [2.45, 2.75) is 6.92 Å². The summed E-state index contributed by atoms with van der Waals surface area (Å²) in [5, 5.41) is 2.61. The summed E-state index contributed by atoms with van der Waals surface area (Å²) in [6.45, 7) is 1.91. The number of aryl methyl sites for hydroxylation is 1. The third kappa shape index (κ3) is 2.53. The molecule has 0 aliphatic heterocycles. The highest BCUT2D eigenvalue weighted by molar-refractivity contribution is 6.04.